The molecule has 1 aliphatic rings. The number of nitrogens with one attached hydrogen (secondary N) is 2. The summed E-state index contributed by atoms with van der Waals surface area (Å²) in [7, 11) is 0. The van der Waals surface area contributed by atoms with Gasteiger partial charge in [-0.05, 0) is 19.1 Å². The van der Waals surface area contributed by atoms with E-state index < -0.39 is 0 Å². The minimum absolute atomic E-state index is 0.0713. The van der Waals surface area contributed by atoms with Crippen molar-refractivity contribution in [2.45, 2.75) is 43.9 Å². The molecule has 0 saturated heterocycles. The molecule has 2 rings (SSSR count). The Morgan fingerprint density at radius 3 is 3.12 bits per heavy atom. The lowest BCUT2D eigenvalue weighted by Gasteiger charge is -2.19. The predicted octanol–water partition coefficient (Wildman–Crippen LogP) is 2.03. The van der Waals surface area contributed by atoms with Crippen LogP contribution in [0.1, 0.15) is 32.0 Å². The molecule has 2 N–H and O–H groups in total. The maximum absolute atomic E-state index is 11.5. The minimum atomic E-state index is -0.0713. The van der Waals surface area contributed by atoms with Gasteiger partial charge in [0.05, 0.1) is 0 Å². The Hall–Kier alpha value is -0.970. The molecule has 0 bridgehead atoms. The van der Waals surface area contributed by atoms with Gasteiger partial charge < -0.3 is 10.3 Å². The average Bonchev–Trinajstić information content (AvgIpc) is 2.75. The first-order valence-electron chi connectivity index (χ1n) is 6.12. The second-order valence-electron chi connectivity index (χ2n) is 4.39. The van der Waals surface area contributed by atoms with Crippen molar-refractivity contribution in [2.24, 2.45) is 0 Å². The van der Waals surface area contributed by atoms with E-state index in [1.54, 1.807) is 6.07 Å². The van der Waals surface area contributed by atoms with Crippen LogP contribution >= 0.6 is 11.8 Å². The van der Waals surface area contributed by atoms with Gasteiger partial charge >= 0.3 is 0 Å². The van der Waals surface area contributed by atoms with Crippen LogP contribution in [0, 0.1) is 0 Å². The Labute approximate surface area is 106 Å². The summed E-state index contributed by atoms with van der Waals surface area (Å²) >= 11 is 1.90. The second kappa shape index (κ2) is 5.58. The minimum Gasteiger partial charge on any atom is -0.366 e. The lowest BCUT2D eigenvalue weighted by atomic mass is 10.2. The van der Waals surface area contributed by atoms with Crippen molar-refractivity contribution in [1.29, 1.82) is 0 Å². The molecule has 5 heteroatoms. The van der Waals surface area contributed by atoms with Crippen LogP contribution in [-0.2, 0) is 6.42 Å². The SMILES string of the molecule is CCc1nc(NC2CCCC2SC)cc(=O)[nH]1. The Bertz CT molecular complexity index is 432. The summed E-state index contributed by atoms with van der Waals surface area (Å²) in [5.41, 5.74) is -0.0713. The topological polar surface area (TPSA) is 57.8 Å². The lowest BCUT2D eigenvalue weighted by molar-refractivity contribution is 0.758. The molecule has 1 aromatic rings. The summed E-state index contributed by atoms with van der Waals surface area (Å²) in [6, 6.07) is 2.00. The largest absolute Gasteiger partial charge is 0.366 e. The predicted molar refractivity (Wildman–Crippen MR) is 72.8 cm³/mol. The van der Waals surface area contributed by atoms with E-state index in [1.165, 1.54) is 19.3 Å². The first-order valence-corrected chi connectivity index (χ1v) is 7.41. The third-order valence-corrected chi connectivity index (χ3v) is 4.38. The van der Waals surface area contributed by atoms with Crippen LogP contribution in [-0.4, -0.2) is 27.5 Å². The first-order chi connectivity index (χ1) is 8.22. The van der Waals surface area contributed by atoms with Crippen LogP contribution in [0.15, 0.2) is 10.9 Å². The highest BCUT2D eigenvalue weighted by molar-refractivity contribution is 7.99. The summed E-state index contributed by atoms with van der Waals surface area (Å²) < 4.78 is 0. The zero-order valence-electron chi connectivity index (χ0n) is 10.3. The van der Waals surface area contributed by atoms with Crippen molar-refractivity contribution in [3.63, 3.8) is 0 Å². The van der Waals surface area contributed by atoms with E-state index in [1.807, 2.05) is 18.7 Å². The molecule has 2 unspecified atom stereocenters. The molecule has 0 spiro atoms. The molecule has 1 fully saturated rings. The van der Waals surface area contributed by atoms with Crippen LogP contribution in [0.5, 0.6) is 0 Å². The normalized spacial score (nSPS) is 23.9. The molecule has 2 atom stereocenters. The number of aryl methyl sites for hydroxylation is 1. The molecule has 1 saturated carbocycles. The van der Waals surface area contributed by atoms with Gasteiger partial charge in [-0.2, -0.15) is 11.8 Å². The van der Waals surface area contributed by atoms with E-state index in [4.69, 9.17) is 0 Å². The molecule has 0 aliphatic heterocycles. The number of hydrogen-bond acceptors (Lipinski definition) is 4. The summed E-state index contributed by atoms with van der Waals surface area (Å²) in [5.74, 6) is 1.47. The highest BCUT2D eigenvalue weighted by Gasteiger charge is 2.26. The van der Waals surface area contributed by atoms with Gasteiger partial charge in [0.2, 0.25) is 0 Å². The molecule has 1 aliphatic carbocycles. The zero-order valence-corrected chi connectivity index (χ0v) is 11.1. The second-order valence-corrected chi connectivity index (χ2v) is 5.46. The van der Waals surface area contributed by atoms with Gasteiger partial charge in [0.15, 0.2) is 0 Å². The molecular weight excluding hydrogens is 234 g/mol. The zero-order chi connectivity index (χ0) is 12.3. The van der Waals surface area contributed by atoms with Crippen molar-refractivity contribution in [3.8, 4) is 0 Å². The fourth-order valence-electron chi connectivity index (χ4n) is 2.31. The third kappa shape index (κ3) is 3.03. The molecule has 1 heterocycles. The van der Waals surface area contributed by atoms with E-state index in [0.717, 1.165) is 18.1 Å². The molecule has 94 valence electrons. The Balaban J connectivity index is 2.12. The summed E-state index contributed by atoms with van der Waals surface area (Å²) in [5, 5.41) is 4.05. The van der Waals surface area contributed by atoms with Crippen LogP contribution in [0.25, 0.3) is 0 Å². The summed E-state index contributed by atoms with van der Waals surface area (Å²) in [6.07, 6.45) is 6.58. The number of thioether (sulfide) groups is 1. The van der Waals surface area contributed by atoms with E-state index in [-0.39, 0.29) is 5.56 Å². The van der Waals surface area contributed by atoms with Crippen molar-refractivity contribution in [3.05, 3.63) is 22.2 Å². The number of aromatic nitrogens is 2. The highest BCUT2D eigenvalue weighted by atomic mass is 32.2. The van der Waals surface area contributed by atoms with E-state index in [9.17, 15) is 4.79 Å². The molecule has 1 aromatic heterocycles. The van der Waals surface area contributed by atoms with Crippen LogP contribution in [0.2, 0.25) is 0 Å². The smallest absolute Gasteiger partial charge is 0.252 e. The number of nitrogens with zero attached hydrogens (tertiary/aromatic N) is 1. The van der Waals surface area contributed by atoms with Crippen LogP contribution in [0.3, 0.4) is 0 Å². The monoisotopic (exact) mass is 253 g/mol. The van der Waals surface area contributed by atoms with Crippen LogP contribution in [0.4, 0.5) is 5.82 Å². The quantitative estimate of drug-likeness (QED) is 0.862. The van der Waals surface area contributed by atoms with Crippen molar-refractivity contribution >= 4 is 17.6 Å². The third-order valence-electron chi connectivity index (χ3n) is 3.21. The maximum Gasteiger partial charge on any atom is 0.252 e. The van der Waals surface area contributed by atoms with E-state index >= 15 is 0 Å². The van der Waals surface area contributed by atoms with Crippen molar-refractivity contribution in [2.75, 3.05) is 11.6 Å². The molecule has 0 radical (unpaired) electrons. The van der Waals surface area contributed by atoms with Gasteiger partial charge in [-0.25, -0.2) is 4.98 Å². The molecule has 0 aromatic carbocycles. The van der Waals surface area contributed by atoms with Gasteiger partial charge in [-0.15, -0.1) is 0 Å². The number of H-pyrrole nitrogens is 1. The standard InChI is InChI=1S/C12H19N3OS/c1-3-10-14-11(7-12(16)15-10)13-8-5-4-6-9(8)17-2/h7-9H,3-6H2,1-2H3,(H2,13,14,15,16). The number of anilines is 1. The van der Waals surface area contributed by atoms with Gasteiger partial charge in [0, 0.05) is 23.8 Å². The number of hydrogen-bond donors (Lipinski definition) is 2. The summed E-state index contributed by atoms with van der Waals surface area (Å²) in [4.78, 5) is 18.6. The van der Waals surface area contributed by atoms with Gasteiger partial charge in [-0.1, -0.05) is 13.3 Å². The van der Waals surface area contributed by atoms with Crippen molar-refractivity contribution < 1.29 is 0 Å². The maximum atomic E-state index is 11.5. The fourth-order valence-corrected chi connectivity index (χ4v) is 3.25. The Kier molecular flexibility index (Phi) is 4.10. The number of rotatable bonds is 4. The first kappa shape index (κ1) is 12.5. The van der Waals surface area contributed by atoms with Gasteiger partial charge in [0.25, 0.3) is 5.56 Å². The Morgan fingerprint density at radius 2 is 2.41 bits per heavy atom. The average molecular weight is 253 g/mol. The lowest BCUT2D eigenvalue weighted by Crippen LogP contribution is -2.27. The number of aromatic amines is 1. The fraction of sp³-hybridized carbons (Fsp3) is 0.667. The van der Waals surface area contributed by atoms with E-state index in [0.29, 0.717) is 11.3 Å². The van der Waals surface area contributed by atoms with Gasteiger partial charge in [-0.3, -0.25) is 4.79 Å². The van der Waals surface area contributed by atoms with Gasteiger partial charge in [0.1, 0.15) is 11.6 Å². The molecule has 4 nitrogen and oxygen atoms in total. The Morgan fingerprint density at radius 1 is 1.59 bits per heavy atom. The highest BCUT2D eigenvalue weighted by Crippen LogP contribution is 2.30. The van der Waals surface area contributed by atoms with E-state index in [2.05, 4.69) is 21.5 Å². The molecule has 0 amide bonds. The van der Waals surface area contributed by atoms with Crippen LogP contribution < -0.4 is 10.9 Å². The van der Waals surface area contributed by atoms with Crippen molar-refractivity contribution in [1.82, 2.24) is 9.97 Å². The molecular formula is C12H19N3OS. The molecule has 17 heavy (non-hydrogen) atoms. The summed E-state index contributed by atoms with van der Waals surface area (Å²) in [6.45, 7) is 1.99.